The van der Waals surface area contributed by atoms with Crippen molar-refractivity contribution in [3.63, 3.8) is 0 Å². The van der Waals surface area contributed by atoms with Crippen LogP contribution in [0.25, 0.3) is 0 Å². The molecule has 0 atom stereocenters. The molecule has 0 bridgehead atoms. The van der Waals surface area contributed by atoms with Gasteiger partial charge < -0.3 is 15.5 Å². The third-order valence-electron chi connectivity index (χ3n) is 3.82. The van der Waals surface area contributed by atoms with Gasteiger partial charge in [0.15, 0.2) is 0 Å². The Morgan fingerprint density at radius 1 is 1.23 bits per heavy atom. The third-order valence-corrected chi connectivity index (χ3v) is 3.82. The van der Waals surface area contributed by atoms with Crippen LogP contribution >= 0.6 is 0 Å². The van der Waals surface area contributed by atoms with Gasteiger partial charge in [-0.2, -0.15) is 0 Å². The molecule has 1 saturated heterocycles. The molecule has 22 heavy (non-hydrogen) atoms. The molecule has 1 aromatic rings. The van der Waals surface area contributed by atoms with Crippen molar-refractivity contribution in [1.82, 2.24) is 15.6 Å². The molecule has 6 heteroatoms. The first-order valence-corrected chi connectivity index (χ1v) is 7.80. The van der Waals surface area contributed by atoms with E-state index in [-0.39, 0.29) is 6.04 Å². The van der Waals surface area contributed by atoms with Gasteiger partial charge in [-0.05, 0) is 44.7 Å². The number of pyridine rings is 1. The van der Waals surface area contributed by atoms with Crippen LogP contribution in [-0.4, -0.2) is 42.5 Å². The molecule has 6 nitrogen and oxygen atoms in total. The zero-order valence-electron chi connectivity index (χ0n) is 13.2. The minimum Gasteiger partial charge on any atom is -0.371 e. The van der Waals surface area contributed by atoms with Crippen molar-refractivity contribution in [2.75, 3.05) is 24.5 Å². The summed E-state index contributed by atoms with van der Waals surface area (Å²) in [5, 5.41) is 5.33. The molecule has 0 aliphatic carbocycles. The minimum absolute atomic E-state index is 0.0261. The third kappa shape index (κ3) is 4.72. The van der Waals surface area contributed by atoms with Crippen LogP contribution in [0.3, 0.4) is 0 Å². The second kappa shape index (κ2) is 7.77. The molecule has 0 unspecified atom stereocenters. The molecule has 0 saturated carbocycles. The fourth-order valence-corrected chi connectivity index (χ4v) is 2.60. The topological polar surface area (TPSA) is 74.3 Å². The Bertz CT molecular complexity index is 496. The first-order chi connectivity index (χ1) is 10.6. The molecule has 1 aliphatic heterocycles. The summed E-state index contributed by atoms with van der Waals surface area (Å²) in [7, 11) is 0. The summed E-state index contributed by atoms with van der Waals surface area (Å²) in [4.78, 5) is 29.5. The molecule has 2 rings (SSSR count). The number of carbonyl (C=O) groups is 2. The second-order valence-corrected chi connectivity index (χ2v) is 5.97. The maximum absolute atomic E-state index is 11.7. The van der Waals surface area contributed by atoms with E-state index in [9.17, 15) is 9.59 Å². The highest BCUT2D eigenvalue weighted by molar-refractivity contribution is 6.35. The Balaban J connectivity index is 1.72. The molecule has 1 aliphatic rings. The molecule has 2 heterocycles. The molecule has 1 fully saturated rings. The van der Waals surface area contributed by atoms with E-state index in [0.29, 0.717) is 12.5 Å². The lowest BCUT2D eigenvalue weighted by molar-refractivity contribution is -0.139. The van der Waals surface area contributed by atoms with E-state index >= 15 is 0 Å². The Labute approximate surface area is 131 Å². The zero-order chi connectivity index (χ0) is 15.9. The summed E-state index contributed by atoms with van der Waals surface area (Å²) in [6.45, 7) is 6.15. The van der Waals surface area contributed by atoms with Crippen molar-refractivity contribution >= 4 is 17.5 Å². The molecule has 1 aromatic heterocycles. The summed E-state index contributed by atoms with van der Waals surface area (Å²) in [6, 6.07) is 4.00. The summed E-state index contributed by atoms with van der Waals surface area (Å²) in [6.07, 6.45) is 5.62. The largest absolute Gasteiger partial charge is 0.371 e. The smallest absolute Gasteiger partial charge is 0.309 e. The maximum atomic E-state index is 11.7. The van der Waals surface area contributed by atoms with E-state index in [4.69, 9.17) is 0 Å². The lowest BCUT2D eigenvalue weighted by atomic mass is 9.96. The van der Waals surface area contributed by atoms with E-state index in [2.05, 4.69) is 20.5 Å². The number of hydrogen-bond donors (Lipinski definition) is 2. The van der Waals surface area contributed by atoms with Crippen molar-refractivity contribution in [2.24, 2.45) is 5.92 Å². The maximum Gasteiger partial charge on any atom is 0.309 e. The first-order valence-electron chi connectivity index (χ1n) is 7.80. The van der Waals surface area contributed by atoms with Crippen LogP contribution in [0.15, 0.2) is 24.5 Å². The zero-order valence-corrected chi connectivity index (χ0v) is 13.2. The quantitative estimate of drug-likeness (QED) is 0.812. The molecule has 0 aromatic carbocycles. The van der Waals surface area contributed by atoms with Gasteiger partial charge in [-0.3, -0.25) is 14.6 Å². The van der Waals surface area contributed by atoms with Crippen LogP contribution in [0.1, 0.15) is 26.7 Å². The van der Waals surface area contributed by atoms with Gasteiger partial charge >= 0.3 is 11.8 Å². The summed E-state index contributed by atoms with van der Waals surface area (Å²) in [5.74, 6) is -0.664. The number of nitrogens with one attached hydrogen (secondary N) is 2. The standard InChI is InChI=1S/C16H24N4O2/c1-12(2)19-16(22)15(21)18-11-13-5-9-20(10-6-13)14-3-7-17-8-4-14/h3-4,7-8,12-13H,5-6,9-11H2,1-2H3,(H,18,21)(H,19,22). The van der Waals surface area contributed by atoms with Crippen LogP contribution in [-0.2, 0) is 9.59 Å². The highest BCUT2D eigenvalue weighted by Crippen LogP contribution is 2.22. The van der Waals surface area contributed by atoms with Gasteiger partial charge in [-0.25, -0.2) is 0 Å². The number of carbonyl (C=O) groups excluding carboxylic acids is 2. The van der Waals surface area contributed by atoms with Crippen LogP contribution in [0.4, 0.5) is 5.69 Å². The van der Waals surface area contributed by atoms with Gasteiger partial charge in [-0.1, -0.05) is 0 Å². The van der Waals surface area contributed by atoms with Gasteiger partial charge in [0.25, 0.3) is 0 Å². The summed E-state index contributed by atoms with van der Waals surface area (Å²) < 4.78 is 0. The van der Waals surface area contributed by atoms with Crippen LogP contribution in [0.5, 0.6) is 0 Å². The Morgan fingerprint density at radius 2 is 1.86 bits per heavy atom. The van der Waals surface area contributed by atoms with E-state index in [1.54, 1.807) is 12.4 Å². The number of amides is 2. The fourth-order valence-electron chi connectivity index (χ4n) is 2.60. The number of piperidine rings is 1. The van der Waals surface area contributed by atoms with Gasteiger partial charge in [-0.15, -0.1) is 0 Å². The first kappa shape index (κ1) is 16.3. The van der Waals surface area contributed by atoms with Crippen molar-refractivity contribution in [2.45, 2.75) is 32.7 Å². The highest BCUT2D eigenvalue weighted by atomic mass is 16.2. The molecular weight excluding hydrogens is 280 g/mol. The van der Waals surface area contributed by atoms with Gasteiger partial charge in [0.2, 0.25) is 0 Å². The predicted octanol–water partition coefficient (Wildman–Crippen LogP) is 0.939. The van der Waals surface area contributed by atoms with Crippen molar-refractivity contribution in [1.29, 1.82) is 0 Å². The number of anilines is 1. The van der Waals surface area contributed by atoms with E-state index in [1.165, 1.54) is 5.69 Å². The Morgan fingerprint density at radius 3 is 2.45 bits per heavy atom. The Kier molecular flexibility index (Phi) is 5.75. The fraction of sp³-hybridized carbons (Fsp3) is 0.562. The minimum atomic E-state index is -0.552. The van der Waals surface area contributed by atoms with E-state index in [0.717, 1.165) is 25.9 Å². The Hall–Kier alpha value is -2.11. The van der Waals surface area contributed by atoms with Gasteiger partial charge in [0.1, 0.15) is 0 Å². The van der Waals surface area contributed by atoms with Crippen LogP contribution in [0.2, 0.25) is 0 Å². The van der Waals surface area contributed by atoms with Gasteiger partial charge in [0, 0.05) is 43.8 Å². The van der Waals surface area contributed by atoms with Crippen molar-refractivity contribution in [3.8, 4) is 0 Å². The molecule has 120 valence electrons. The normalized spacial score (nSPS) is 15.7. The van der Waals surface area contributed by atoms with E-state index < -0.39 is 11.8 Å². The van der Waals surface area contributed by atoms with Crippen LogP contribution in [0, 0.1) is 5.92 Å². The molecular formula is C16H24N4O2. The molecule has 2 N–H and O–H groups in total. The SMILES string of the molecule is CC(C)NC(=O)C(=O)NCC1CCN(c2ccncc2)CC1. The molecule has 2 amide bonds. The average Bonchev–Trinajstić information content (AvgIpc) is 2.53. The second-order valence-electron chi connectivity index (χ2n) is 5.97. The average molecular weight is 304 g/mol. The lowest BCUT2D eigenvalue weighted by Gasteiger charge is -2.33. The van der Waals surface area contributed by atoms with Crippen molar-refractivity contribution < 1.29 is 9.59 Å². The monoisotopic (exact) mass is 304 g/mol. The van der Waals surface area contributed by atoms with Gasteiger partial charge in [0.05, 0.1) is 0 Å². The summed E-state index contributed by atoms with van der Waals surface area (Å²) in [5.41, 5.74) is 1.19. The van der Waals surface area contributed by atoms with E-state index in [1.807, 2.05) is 26.0 Å². The summed E-state index contributed by atoms with van der Waals surface area (Å²) >= 11 is 0. The number of nitrogens with zero attached hydrogens (tertiary/aromatic N) is 2. The molecule has 0 radical (unpaired) electrons. The highest BCUT2D eigenvalue weighted by Gasteiger charge is 2.21. The van der Waals surface area contributed by atoms with Crippen molar-refractivity contribution in [3.05, 3.63) is 24.5 Å². The number of rotatable bonds is 4. The van der Waals surface area contributed by atoms with Crippen LogP contribution < -0.4 is 15.5 Å². The molecule has 0 spiro atoms. The number of hydrogen-bond acceptors (Lipinski definition) is 4. The number of aromatic nitrogens is 1. The predicted molar refractivity (Wildman–Crippen MR) is 85.5 cm³/mol. The lowest BCUT2D eigenvalue weighted by Crippen LogP contribution is -2.45.